The van der Waals surface area contributed by atoms with Gasteiger partial charge in [0.15, 0.2) is 0 Å². The van der Waals surface area contributed by atoms with E-state index in [4.69, 9.17) is 0 Å². The minimum atomic E-state index is -0.0219. The quantitative estimate of drug-likeness (QED) is 0.389. The topological polar surface area (TPSA) is 12.4 Å². The third-order valence-electron chi connectivity index (χ3n) is 0.711. The van der Waals surface area contributed by atoms with Gasteiger partial charge in [0, 0.05) is 6.08 Å². The first-order valence-electron chi connectivity index (χ1n) is 3.38. The van der Waals surface area contributed by atoms with Crippen LogP contribution in [0, 0.1) is 0 Å². The van der Waals surface area contributed by atoms with Crippen molar-refractivity contribution >= 4 is 5.87 Å². The van der Waals surface area contributed by atoms with Crippen LogP contribution in [0.5, 0.6) is 0 Å². The molecule has 0 aliphatic carbocycles. The van der Waals surface area contributed by atoms with E-state index in [0.717, 1.165) is 5.57 Å². The van der Waals surface area contributed by atoms with Crippen LogP contribution in [0.2, 0.25) is 0 Å². The number of rotatable bonds is 1. The van der Waals surface area contributed by atoms with Gasteiger partial charge in [-0.2, -0.15) is 0 Å². The Balaban J connectivity index is 4.12. The zero-order valence-electron chi connectivity index (χ0n) is 7.23. The molecule has 0 heterocycles. The highest BCUT2D eigenvalue weighted by Crippen LogP contribution is 2.03. The molecule has 0 N–H and O–H groups in total. The Kier molecular flexibility index (Phi) is 3.11. The fraction of sp³-hybridized carbons (Fsp3) is 0.556. The van der Waals surface area contributed by atoms with Crippen molar-refractivity contribution in [3.63, 3.8) is 0 Å². The van der Waals surface area contributed by atoms with E-state index in [9.17, 15) is 0 Å². The monoisotopic (exact) mass is 137 g/mol. The molecule has 1 heteroatoms. The molecule has 0 aliphatic rings. The van der Waals surface area contributed by atoms with Crippen LogP contribution in [-0.4, -0.2) is 11.4 Å². The fourth-order valence-electron chi connectivity index (χ4n) is 0.336. The minimum Gasteiger partial charge on any atom is -0.237 e. The van der Waals surface area contributed by atoms with Gasteiger partial charge in [0.25, 0.3) is 0 Å². The summed E-state index contributed by atoms with van der Waals surface area (Å²) in [6.07, 6.45) is 1.78. The summed E-state index contributed by atoms with van der Waals surface area (Å²) in [5.74, 6) is 2.83. The van der Waals surface area contributed by atoms with Crippen molar-refractivity contribution in [1.29, 1.82) is 0 Å². The van der Waals surface area contributed by atoms with Gasteiger partial charge in [0.1, 0.15) is 0 Å². The van der Waals surface area contributed by atoms with E-state index in [2.05, 4.69) is 17.4 Å². The van der Waals surface area contributed by atoms with Gasteiger partial charge in [0.05, 0.1) is 5.54 Å². The molecule has 0 rings (SSSR count). The molecule has 0 unspecified atom stereocenters. The van der Waals surface area contributed by atoms with E-state index in [-0.39, 0.29) is 5.54 Å². The van der Waals surface area contributed by atoms with Crippen molar-refractivity contribution in [1.82, 2.24) is 0 Å². The normalized spacial score (nSPS) is 10.0. The Hall–Kier alpha value is -0.810. The second-order valence-electron chi connectivity index (χ2n) is 3.40. The molecule has 0 aromatic heterocycles. The molecule has 0 aromatic carbocycles. The summed E-state index contributed by atoms with van der Waals surface area (Å²) < 4.78 is 0. The van der Waals surface area contributed by atoms with Gasteiger partial charge in [0.2, 0.25) is 0 Å². The number of nitrogens with zero attached hydrogens (tertiary/aromatic N) is 1. The predicted octanol–water partition coefficient (Wildman–Crippen LogP) is 2.59. The molecule has 0 aliphatic heterocycles. The lowest BCUT2D eigenvalue weighted by atomic mass is 10.1. The van der Waals surface area contributed by atoms with Gasteiger partial charge in [-0.15, -0.1) is 0 Å². The van der Waals surface area contributed by atoms with Gasteiger partial charge >= 0.3 is 0 Å². The van der Waals surface area contributed by atoms with Crippen LogP contribution < -0.4 is 0 Å². The largest absolute Gasteiger partial charge is 0.237 e. The molecule has 56 valence electrons. The maximum Gasteiger partial charge on any atom is 0.0618 e. The zero-order chi connectivity index (χ0) is 8.20. The first kappa shape index (κ1) is 9.19. The van der Waals surface area contributed by atoms with Crippen LogP contribution in [0.3, 0.4) is 0 Å². The molecule has 0 radical (unpaired) electrons. The van der Waals surface area contributed by atoms with E-state index >= 15 is 0 Å². The Morgan fingerprint density at radius 3 is 2.30 bits per heavy atom. The van der Waals surface area contributed by atoms with Crippen molar-refractivity contribution < 1.29 is 0 Å². The highest BCUT2D eigenvalue weighted by molar-refractivity contribution is 5.57. The minimum absolute atomic E-state index is 0.0219. The molecular formula is C9H15N. The predicted molar refractivity (Wildman–Crippen MR) is 46.6 cm³/mol. The summed E-state index contributed by atoms with van der Waals surface area (Å²) in [6, 6.07) is 0. The van der Waals surface area contributed by atoms with E-state index in [1.165, 1.54) is 0 Å². The van der Waals surface area contributed by atoms with Crippen molar-refractivity contribution in [2.45, 2.75) is 33.2 Å². The number of hydrogen-bond donors (Lipinski definition) is 0. The van der Waals surface area contributed by atoms with E-state index in [1.54, 1.807) is 6.08 Å². The first-order valence-corrected chi connectivity index (χ1v) is 3.38. The SMILES string of the molecule is C=C(C)C=C=NC(C)(C)C. The molecule has 0 spiro atoms. The average Bonchev–Trinajstić information content (AvgIpc) is 1.59. The third kappa shape index (κ3) is 7.19. The number of allylic oxidation sites excluding steroid dienone is 2. The second-order valence-corrected chi connectivity index (χ2v) is 3.40. The molecule has 10 heavy (non-hydrogen) atoms. The molecule has 0 bridgehead atoms. The molecular weight excluding hydrogens is 122 g/mol. The van der Waals surface area contributed by atoms with Crippen LogP contribution in [0.4, 0.5) is 0 Å². The molecule has 0 saturated carbocycles. The highest BCUT2D eigenvalue weighted by Gasteiger charge is 2.03. The van der Waals surface area contributed by atoms with Crippen LogP contribution in [-0.2, 0) is 0 Å². The second kappa shape index (κ2) is 3.38. The van der Waals surface area contributed by atoms with Crippen LogP contribution in [0.15, 0.2) is 23.2 Å². The molecule has 0 amide bonds. The smallest absolute Gasteiger partial charge is 0.0618 e. The van der Waals surface area contributed by atoms with E-state index < -0.39 is 0 Å². The Labute approximate surface area is 63.2 Å². The molecule has 0 atom stereocenters. The van der Waals surface area contributed by atoms with Gasteiger partial charge in [-0.1, -0.05) is 6.58 Å². The van der Waals surface area contributed by atoms with Crippen LogP contribution >= 0.6 is 0 Å². The lowest BCUT2D eigenvalue weighted by Gasteiger charge is -2.07. The summed E-state index contributed by atoms with van der Waals surface area (Å²) in [7, 11) is 0. The summed E-state index contributed by atoms with van der Waals surface area (Å²) in [5, 5.41) is 0. The summed E-state index contributed by atoms with van der Waals surface area (Å²) in [6.45, 7) is 11.7. The van der Waals surface area contributed by atoms with Crippen LogP contribution in [0.1, 0.15) is 27.7 Å². The first-order chi connectivity index (χ1) is 4.42. The molecule has 0 fully saturated rings. The Bertz CT molecular complexity index is 175. The number of aliphatic imine (C=N–C) groups is 1. The summed E-state index contributed by atoms with van der Waals surface area (Å²) in [5.41, 5.74) is 0.958. The lowest BCUT2D eigenvalue weighted by Crippen LogP contribution is -2.07. The highest BCUT2D eigenvalue weighted by atomic mass is 14.8. The van der Waals surface area contributed by atoms with Gasteiger partial charge in [-0.25, -0.2) is 4.99 Å². The summed E-state index contributed by atoms with van der Waals surface area (Å²) in [4.78, 5) is 4.13. The Morgan fingerprint density at radius 1 is 1.50 bits per heavy atom. The van der Waals surface area contributed by atoms with Gasteiger partial charge in [-0.3, -0.25) is 0 Å². The van der Waals surface area contributed by atoms with Gasteiger partial charge in [-0.05, 0) is 39.1 Å². The van der Waals surface area contributed by atoms with Crippen molar-refractivity contribution in [3.8, 4) is 0 Å². The van der Waals surface area contributed by atoms with Crippen molar-refractivity contribution in [2.24, 2.45) is 4.99 Å². The van der Waals surface area contributed by atoms with E-state index in [0.29, 0.717) is 0 Å². The average molecular weight is 137 g/mol. The maximum atomic E-state index is 4.13. The lowest BCUT2D eigenvalue weighted by molar-refractivity contribution is 0.587. The van der Waals surface area contributed by atoms with Crippen LogP contribution in [0.25, 0.3) is 0 Å². The molecule has 1 nitrogen and oxygen atoms in total. The van der Waals surface area contributed by atoms with Crippen molar-refractivity contribution in [3.05, 3.63) is 18.2 Å². The molecule has 0 aromatic rings. The zero-order valence-corrected chi connectivity index (χ0v) is 7.23. The summed E-state index contributed by atoms with van der Waals surface area (Å²) >= 11 is 0. The van der Waals surface area contributed by atoms with E-state index in [1.807, 2.05) is 27.7 Å². The Morgan fingerprint density at radius 2 is 2.00 bits per heavy atom. The number of hydrogen-bond acceptors (Lipinski definition) is 1. The maximum absolute atomic E-state index is 4.13. The fourth-order valence-corrected chi connectivity index (χ4v) is 0.336. The standard InChI is InChI=1S/C9H15N/c1-8(2)6-7-10-9(3,4)5/h6H,1H2,2-5H3. The molecule has 0 saturated heterocycles. The third-order valence-corrected chi connectivity index (χ3v) is 0.711. The van der Waals surface area contributed by atoms with Gasteiger partial charge < -0.3 is 0 Å². The van der Waals surface area contributed by atoms with Crippen molar-refractivity contribution in [2.75, 3.05) is 0 Å².